The Balaban J connectivity index is 1.68. The molecule has 0 spiro atoms. The Kier molecular flexibility index (Phi) is 4.16. The third-order valence-corrected chi connectivity index (χ3v) is 4.59. The molecule has 2 unspecified atom stereocenters. The minimum Gasteiger partial charge on any atom is -0.341 e. The molecule has 2 aliphatic rings. The Bertz CT molecular complexity index is 570. The van der Waals surface area contributed by atoms with E-state index in [1.54, 1.807) is 4.90 Å². The number of hydrogen-bond donors (Lipinski definition) is 1. The number of likely N-dealkylation sites (tertiary alicyclic amines) is 1. The van der Waals surface area contributed by atoms with Gasteiger partial charge in [-0.05, 0) is 31.9 Å². The Labute approximate surface area is 131 Å². The SMILES string of the molecule is Cc1ccc(N2CC(C(=O)N3CCCC(N)C3)CC2=O)cc1. The number of amides is 2. The van der Waals surface area contributed by atoms with Crippen molar-refractivity contribution in [3.05, 3.63) is 29.8 Å². The first kappa shape index (κ1) is 15.0. The van der Waals surface area contributed by atoms with Gasteiger partial charge in [0.05, 0.1) is 5.92 Å². The summed E-state index contributed by atoms with van der Waals surface area (Å²) in [6.45, 7) is 3.88. The first-order valence-corrected chi connectivity index (χ1v) is 7.96. The predicted octanol–water partition coefficient (Wildman–Crippen LogP) is 1.30. The molecule has 3 rings (SSSR count). The maximum absolute atomic E-state index is 12.6. The van der Waals surface area contributed by atoms with Crippen molar-refractivity contribution in [2.24, 2.45) is 11.7 Å². The van der Waals surface area contributed by atoms with Gasteiger partial charge in [0.25, 0.3) is 0 Å². The van der Waals surface area contributed by atoms with Crippen LogP contribution < -0.4 is 10.6 Å². The number of rotatable bonds is 2. The van der Waals surface area contributed by atoms with Gasteiger partial charge in [0, 0.05) is 37.8 Å². The van der Waals surface area contributed by atoms with Crippen LogP contribution in [0.3, 0.4) is 0 Å². The summed E-state index contributed by atoms with van der Waals surface area (Å²) in [5.41, 5.74) is 7.98. The molecule has 5 heteroatoms. The average Bonchev–Trinajstić information content (AvgIpc) is 2.89. The normalized spacial score (nSPS) is 25.6. The zero-order valence-corrected chi connectivity index (χ0v) is 13.0. The molecule has 1 aromatic carbocycles. The lowest BCUT2D eigenvalue weighted by molar-refractivity contribution is -0.136. The fourth-order valence-electron chi connectivity index (χ4n) is 3.32. The fraction of sp³-hybridized carbons (Fsp3) is 0.529. The third kappa shape index (κ3) is 2.99. The molecule has 1 aromatic rings. The van der Waals surface area contributed by atoms with Gasteiger partial charge in [-0.25, -0.2) is 0 Å². The lowest BCUT2D eigenvalue weighted by atomic mass is 10.0. The number of carbonyl (C=O) groups is 2. The molecule has 0 saturated carbocycles. The molecule has 118 valence electrons. The third-order valence-electron chi connectivity index (χ3n) is 4.59. The van der Waals surface area contributed by atoms with Gasteiger partial charge in [-0.2, -0.15) is 0 Å². The van der Waals surface area contributed by atoms with Gasteiger partial charge in [0.15, 0.2) is 0 Å². The second-order valence-electron chi connectivity index (χ2n) is 6.43. The van der Waals surface area contributed by atoms with Crippen molar-refractivity contribution in [2.45, 2.75) is 32.2 Å². The first-order valence-electron chi connectivity index (χ1n) is 7.96. The molecule has 0 radical (unpaired) electrons. The zero-order valence-electron chi connectivity index (χ0n) is 13.0. The maximum atomic E-state index is 12.6. The summed E-state index contributed by atoms with van der Waals surface area (Å²) < 4.78 is 0. The van der Waals surface area contributed by atoms with Crippen LogP contribution in [0.1, 0.15) is 24.8 Å². The van der Waals surface area contributed by atoms with Crippen molar-refractivity contribution < 1.29 is 9.59 Å². The molecule has 2 amide bonds. The number of carbonyl (C=O) groups excluding carboxylic acids is 2. The highest BCUT2D eigenvalue weighted by Gasteiger charge is 2.37. The van der Waals surface area contributed by atoms with E-state index in [2.05, 4.69) is 0 Å². The smallest absolute Gasteiger partial charge is 0.228 e. The van der Waals surface area contributed by atoms with Crippen molar-refractivity contribution in [2.75, 3.05) is 24.5 Å². The van der Waals surface area contributed by atoms with Crippen molar-refractivity contribution in [3.8, 4) is 0 Å². The minimum atomic E-state index is -0.237. The molecule has 2 saturated heterocycles. The molecule has 5 nitrogen and oxygen atoms in total. The summed E-state index contributed by atoms with van der Waals surface area (Å²) in [5.74, 6) is -0.124. The van der Waals surface area contributed by atoms with Crippen molar-refractivity contribution in [1.29, 1.82) is 0 Å². The molecular formula is C17H23N3O2. The van der Waals surface area contributed by atoms with Gasteiger partial charge in [0.1, 0.15) is 0 Å². The van der Waals surface area contributed by atoms with Gasteiger partial charge >= 0.3 is 0 Å². The second-order valence-corrected chi connectivity index (χ2v) is 6.43. The Morgan fingerprint density at radius 1 is 1.23 bits per heavy atom. The molecule has 2 atom stereocenters. The number of piperidine rings is 1. The summed E-state index contributed by atoms with van der Waals surface area (Å²) in [4.78, 5) is 28.4. The van der Waals surface area contributed by atoms with Crippen LogP contribution in [0.4, 0.5) is 5.69 Å². The summed E-state index contributed by atoms with van der Waals surface area (Å²) in [6.07, 6.45) is 2.23. The van der Waals surface area contributed by atoms with E-state index in [-0.39, 0.29) is 23.8 Å². The van der Waals surface area contributed by atoms with Crippen molar-refractivity contribution in [3.63, 3.8) is 0 Å². The van der Waals surface area contributed by atoms with Gasteiger partial charge in [0.2, 0.25) is 11.8 Å². The zero-order chi connectivity index (χ0) is 15.7. The number of hydrogen-bond acceptors (Lipinski definition) is 3. The summed E-state index contributed by atoms with van der Waals surface area (Å²) in [7, 11) is 0. The second kappa shape index (κ2) is 6.08. The number of aryl methyl sites for hydroxylation is 1. The topological polar surface area (TPSA) is 66.6 Å². The number of nitrogens with zero attached hydrogens (tertiary/aromatic N) is 2. The maximum Gasteiger partial charge on any atom is 0.228 e. The van der Waals surface area contributed by atoms with Crippen LogP contribution in [0.15, 0.2) is 24.3 Å². The van der Waals surface area contributed by atoms with Gasteiger partial charge in [-0.1, -0.05) is 17.7 Å². The first-order chi connectivity index (χ1) is 10.5. The van der Waals surface area contributed by atoms with Crippen LogP contribution >= 0.6 is 0 Å². The van der Waals surface area contributed by atoms with E-state index < -0.39 is 0 Å². The fourth-order valence-corrected chi connectivity index (χ4v) is 3.32. The molecule has 2 N–H and O–H groups in total. The van der Waals surface area contributed by atoms with Gasteiger partial charge in [-0.3, -0.25) is 9.59 Å². The van der Waals surface area contributed by atoms with E-state index in [0.717, 1.165) is 30.6 Å². The lowest BCUT2D eigenvalue weighted by Gasteiger charge is -2.32. The molecule has 2 aliphatic heterocycles. The van der Waals surface area contributed by atoms with E-state index in [0.29, 0.717) is 19.5 Å². The summed E-state index contributed by atoms with van der Waals surface area (Å²) in [6, 6.07) is 7.93. The summed E-state index contributed by atoms with van der Waals surface area (Å²) in [5, 5.41) is 0. The number of anilines is 1. The minimum absolute atomic E-state index is 0.0310. The molecule has 2 heterocycles. The standard InChI is InChI=1S/C17H23N3O2/c1-12-4-6-15(7-5-12)20-10-13(9-16(20)21)17(22)19-8-2-3-14(18)11-19/h4-7,13-14H,2-3,8-11,18H2,1H3. The number of benzene rings is 1. The van der Waals surface area contributed by atoms with Crippen LogP contribution in [-0.2, 0) is 9.59 Å². The highest BCUT2D eigenvalue weighted by atomic mass is 16.2. The molecular weight excluding hydrogens is 278 g/mol. The largest absolute Gasteiger partial charge is 0.341 e. The molecule has 0 bridgehead atoms. The predicted molar refractivity (Wildman–Crippen MR) is 85.4 cm³/mol. The molecule has 22 heavy (non-hydrogen) atoms. The molecule has 0 aromatic heterocycles. The monoisotopic (exact) mass is 301 g/mol. The van der Waals surface area contributed by atoms with E-state index >= 15 is 0 Å². The molecule has 2 fully saturated rings. The van der Waals surface area contributed by atoms with Crippen molar-refractivity contribution >= 4 is 17.5 Å². The van der Waals surface area contributed by atoms with E-state index in [1.807, 2.05) is 36.1 Å². The quantitative estimate of drug-likeness (QED) is 0.895. The van der Waals surface area contributed by atoms with Crippen LogP contribution in [0.25, 0.3) is 0 Å². The van der Waals surface area contributed by atoms with Gasteiger partial charge < -0.3 is 15.5 Å². The lowest BCUT2D eigenvalue weighted by Crippen LogP contribution is -2.48. The van der Waals surface area contributed by atoms with E-state index in [1.165, 1.54) is 0 Å². The summed E-state index contributed by atoms with van der Waals surface area (Å²) >= 11 is 0. The van der Waals surface area contributed by atoms with E-state index in [9.17, 15) is 9.59 Å². The van der Waals surface area contributed by atoms with Crippen LogP contribution in [0.2, 0.25) is 0 Å². The number of nitrogens with two attached hydrogens (primary N) is 1. The average molecular weight is 301 g/mol. The van der Waals surface area contributed by atoms with Crippen LogP contribution in [0.5, 0.6) is 0 Å². The Hall–Kier alpha value is -1.88. The van der Waals surface area contributed by atoms with Crippen LogP contribution in [-0.4, -0.2) is 42.4 Å². The Morgan fingerprint density at radius 3 is 2.64 bits per heavy atom. The highest BCUT2D eigenvalue weighted by Crippen LogP contribution is 2.27. The van der Waals surface area contributed by atoms with Gasteiger partial charge in [-0.15, -0.1) is 0 Å². The van der Waals surface area contributed by atoms with E-state index in [4.69, 9.17) is 5.73 Å². The Morgan fingerprint density at radius 2 is 1.95 bits per heavy atom. The van der Waals surface area contributed by atoms with Crippen LogP contribution in [0, 0.1) is 12.8 Å². The van der Waals surface area contributed by atoms with Crippen molar-refractivity contribution in [1.82, 2.24) is 4.90 Å². The highest BCUT2D eigenvalue weighted by molar-refractivity contribution is 6.00. The molecule has 0 aliphatic carbocycles.